The Labute approximate surface area is 144 Å². The lowest BCUT2D eigenvalue weighted by Gasteiger charge is -2.10. The summed E-state index contributed by atoms with van der Waals surface area (Å²) in [5, 5.41) is 0. The lowest BCUT2D eigenvalue weighted by Crippen LogP contribution is -2.29. The van der Waals surface area contributed by atoms with Crippen LogP contribution in [-0.2, 0) is 0 Å². The van der Waals surface area contributed by atoms with Crippen molar-refractivity contribution in [2.45, 2.75) is 0 Å². The van der Waals surface area contributed by atoms with Crippen molar-refractivity contribution >= 4 is 11.6 Å². The number of ether oxygens (including phenoxy) is 1. The fraction of sp³-hybridized carbons (Fsp3) is 0.0526. The molecule has 5 nitrogen and oxygen atoms in total. The van der Waals surface area contributed by atoms with E-state index in [0.29, 0.717) is 11.3 Å². The Morgan fingerprint density at radius 3 is 2.52 bits per heavy atom. The predicted molar refractivity (Wildman–Crippen MR) is 93.7 cm³/mol. The first-order valence-corrected chi connectivity index (χ1v) is 7.59. The number of rotatable bonds is 5. The molecule has 3 rings (SSSR count). The molecule has 126 valence electrons. The monoisotopic (exact) mass is 337 g/mol. The van der Waals surface area contributed by atoms with E-state index in [-0.39, 0.29) is 11.8 Å². The summed E-state index contributed by atoms with van der Waals surface area (Å²) in [5.74, 6) is -1.06. The van der Waals surface area contributed by atoms with E-state index in [1.807, 2.05) is 42.5 Å². The predicted octanol–water partition coefficient (Wildman–Crippen LogP) is 3.65. The second-order valence-electron chi connectivity index (χ2n) is 5.24. The molecular formula is C19H16FN3O2. The number of hydrogen-bond acceptors (Lipinski definition) is 4. The van der Waals surface area contributed by atoms with Gasteiger partial charge in [0.2, 0.25) is 5.88 Å². The largest absolute Gasteiger partial charge is 0.479 e. The zero-order chi connectivity index (χ0) is 17.6. The summed E-state index contributed by atoms with van der Waals surface area (Å²) in [6.45, 7) is 0. The van der Waals surface area contributed by atoms with E-state index < -0.39 is 5.82 Å². The normalized spacial score (nSPS) is 10.2. The average Bonchev–Trinajstić information content (AvgIpc) is 2.67. The molecule has 3 aromatic rings. The number of anilines is 1. The van der Waals surface area contributed by atoms with Gasteiger partial charge < -0.3 is 4.74 Å². The SMILES string of the molecule is COc1ncc(NNC(=O)c2cccc(-c3ccccc3)c2)cc1F. The molecule has 1 aromatic heterocycles. The fourth-order valence-corrected chi connectivity index (χ4v) is 2.32. The van der Waals surface area contributed by atoms with Crippen LogP contribution in [-0.4, -0.2) is 18.0 Å². The van der Waals surface area contributed by atoms with Crippen molar-refractivity contribution in [2.75, 3.05) is 12.5 Å². The standard InChI is InChI=1S/C19H16FN3O2/c1-25-19-17(20)11-16(12-21-19)22-23-18(24)15-9-5-8-14(10-15)13-6-3-2-4-7-13/h2-12,22H,1H3,(H,23,24). The average molecular weight is 337 g/mol. The van der Waals surface area contributed by atoms with Crippen LogP contribution < -0.4 is 15.6 Å². The van der Waals surface area contributed by atoms with Crippen molar-refractivity contribution in [3.05, 3.63) is 78.2 Å². The molecule has 0 aliphatic carbocycles. The molecule has 2 N–H and O–H groups in total. The van der Waals surface area contributed by atoms with Gasteiger partial charge >= 0.3 is 0 Å². The van der Waals surface area contributed by atoms with Gasteiger partial charge in [-0.2, -0.15) is 0 Å². The molecule has 1 amide bonds. The molecule has 0 saturated heterocycles. The maximum atomic E-state index is 13.6. The number of carbonyl (C=O) groups is 1. The summed E-state index contributed by atoms with van der Waals surface area (Å²) in [6.07, 6.45) is 1.36. The highest BCUT2D eigenvalue weighted by Crippen LogP contribution is 2.20. The van der Waals surface area contributed by atoms with Gasteiger partial charge in [-0.25, -0.2) is 9.37 Å². The summed E-state index contributed by atoms with van der Waals surface area (Å²) in [5.41, 5.74) is 7.91. The van der Waals surface area contributed by atoms with Crippen LogP contribution in [0.25, 0.3) is 11.1 Å². The molecule has 0 fully saturated rings. The van der Waals surface area contributed by atoms with Crippen LogP contribution in [0.5, 0.6) is 5.88 Å². The molecule has 0 atom stereocenters. The van der Waals surface area contributed by atoms with Crippen LogP contribution >= 0.6 is 0 Å². The zero-order valence-electron chi connectivity index (χ0n) is 13.5. The smallest absolute Gasteiger partial charge is 0.269 e. The molecule has 0 spiro atoms. The number of hydrogen-bond donors (Lipinski definition) is 2. The molecule has 0 aliphatic heterocycles. The number of nitrogens with zero attached hydrogens (tertiary/aromatic N) is 1. The fourth-order valence-electron chi connectivity index (χ4n) is 2.32. The number of amides is 1. The molecule has 0 unspecified atom stereocenters. The van der Waals surface area contributed by atoms with Gasteiger partial charge in [0.1, 0.15) is 0 Å². The molecule has 0 saturated carbocycles. The van der Waals surface area contributed by atoms with E-state index >= 15 is 0 Å². The number of carbonyl (C=O) groups excluding carboxylic acids is 1. The van der Waals surface area contributed by atoms with E-state index in [1.165, 1.54) is 19.4 Å². The van der Waals surface area contributed by atoms with Gasteiger partial charge in [0, 0.05) is 11.6 Å². The summed E-state index contributed by atoms with van der Waals surface area (Å²) in [7, 11) is 1.33. The number of benzene rings is 2. The first-order chi connectivity index (χ1) is 12.2. The number of methoxy groups -OCH3 is 1. The summed E-state index contributed by atoms with van der Waals surface area (Å²) in [4.78, 5) is 16.1. The van der Waals surface area contributed by atoms with Crippen LogP contribution in [0.15, 0.2) is 66.9 Å². The van der Waals surface area contributed by atoms with E-state index in [1.54, 1.807) is 12.1 Å². The minimum atomic E-state index is -0.618. The minimum absolute atomic E-state index is 0.104. The summed E-state index contributed by atoms with van der Waals surface area (Å²) < 4.78 is 18.3. The molecule has 6 heteroatoms. The molecule has 1 heterocycles. The maximum absolute atomic E-state index is 13.6. The van der Waals surface area contributed by atoms with Crippen LogP contribution in [0.1, 0.15) is 10.4 Å². The topological polar surface area (TPSA) is 63.2 Å². The Morgan fingerprint density at radius 2 is 1.80 bits per heavy atom. The van der Waals surface area contributed by atoms with Crippen molar-refractivity contribution in [2.24, 2.45) is 0 Å². The lowest BCUT2D eigenvalue weighted by molar-refractivity contribution is 0.0962. The highest BCUT2D eigenvalue weighted by atomic mass is 19.1. The number of hydrazine groups is 1. The van der Waals surface area contributed by atoms with Crippen molar-refractivity contribution in [1.82, 2.24) is 10.4 Å². The zero-order valence-corrected chi connectivity index (χ0v) is 13.5. The highest BCUT2D eigenvalue weighted by Gasteiger charge is 2.09. The van der Waals surface area contributed by atoms with Crippen molar-refractivity contribution in [3.63, 3.8) is 0 Å². The van der Waals surface area contributed by atoms with Crippen molar-refractivity contribution < 1.29 is 13.9 Å². The Morgan fingerprint density at radius 1 is 1.04 bits per heavy atom. The van der Waals surface area contributed by atoms with Gasteiger partial charge in [-0.05, 0) is 23.3 Å². The van der Waals surface area contributed by atoms with Gasteiger partial charge in [0.15, 0.2) is 5.82 Å². The molecule has 0 aliphatic rings. The van der Waals surface area contributed by atoms with Gasteiger partial charge in [-0.15, -0.1) is 0 Å². The third kappa shape index (κ3) is 3.92. The lowest BCUT2D eigenvalue weighted by atomic mass is 10.0. The molecule has 0 bridgehead atoms. The number of pyridine rings is 1. The Bertz CT molecular complexity index is 885. The molecule has 0 radical (unpaired) electrons. The second-order valence-corrected chi connectivity index (χ2v) is 5.24. The van der Waals surface area contributed by atoms with Gasteiger partial charge in [0.25, 0.3) is 5.91 Å². The van der Waals surface area contributed by atoms with Crippen LogP contribution in [0.2, 0.25) is 0 Å². The van der Waals surface area contributed by atoms with Gasteiger partial charge in [-0.3, -0.25) is 15.6 Å². The van der Waals surface area contributed by atoms with Crippen LogP contribution in [0.3, 0.4) is 0 Å². The van der Waals surface area contributed by atoms with Gasteiger partial charge in [-0.1, -0.05) is 42.5 Å². The highest BCUT2D eigenvalue weighted by molar-refractivity contribution is 5.96. The van der Waals surface area contributed by atoms with Crippen LogP contribution in [0, 0.1) is 5.82 Å². The third-order valence-electron chi connectivity index (χ3n) is 3.55. The Kier molecular flexibility index (Phi) is 4.89. The first-order valence-electron chi connectivity index (χ1n) is 7.59. The van der Waals surface area contributed by atoms with Crippen molar-refractivity contribution in [1.29, 1.82) is 0 Å². The third-order valence-corrected chi connectivity index (χ3v) is 3.55. The molecular weight excluding hydrogens is 321 g/mol. The maximum Gasteiger partial charge on any atom is 0.269 e. The van der Waals surface area contributed by atoms with E-state index in [9.17, 15) is 9.18 Å². The molecule has 2 aromatic carbocycles. The van der Waals surface area contributed by atoms with E-state index in [0.717, 1.165) is 11.1 Å². The number of nitrogens with one attached hydrogen (secondary N) is 2. The quantitative estimate of drug-likeness (QED) is 0.698. The summed E-state index contributed by atoms with van der Waals surface area (Å²) >= 11 is 0. The molecule has 25 heavy (non-hydrogen) atoms. The van der Waals surface area contributed by atoms with Crippen LogP contribution in [0.4, 0.5) is 10.1 Å². The van der Waals surface area contributed by atoms with E-state index in [2.05, 4.69) is 15.8 Å². The Hall–Kier alpha value is -3.41. The Balaban J connectivity index is 1.70. The minimum Gasteiger partial charge on any atom is -0.479 e. The van der Waals surface area contributed by atoms with Gasteiger partial charge in [0.05, 0.1) is 19.0 Å². The van der Waals surface area contributed by atoms with Crippen molar-refractivity contribution in [3.8, 4) is 17.0 Å². The first kappa shape index (κ1) is 16.4. The second kappa shape index (κ2) is 7.44. The number of aromatic nitrogens is 1. The summed E-state index contributed by atoms with van der Waals surface area (Å²) in [6, 6.07) is 18.2. The number of halogens is 1. The van der Waals surface area contributed by atoms with E-state index in [4.69, 9.17) is 4.74 Å².